The summed E-state index contributed by atoms with van der Waals surface area (Å²) in [6.07, 6.45) is 0.839. The molecule has 0 saturated carbocycles. The Kier molecular flexibility index (Phi) is 6.14. The van der Waals surface area contributed by atoms with Crippen LogP contribution in [0.15, 0.2) is 48.5 Å². The van der Waals surface area contributed by atoms with Gasteiger partial charge in [-0.25, -0.2) is 0 Å². The van der Waals surface area contributed by atoms with Gasteiger partial charge in [0.2, 0.25) is 11.8 Å². The number of rotatable bonds is 7. The number of ether oxygens (including phenoxy) is 1. The lowest BCUT2D eigenvalue weighted by atomic mass is 9.99. The topological polar surface area (TPSA) is 107 Å². The smallest absolute Gasteiger partial charge is 0.248 e. The van der Waals surface area contributed by atoms with Gasteiger partial charge in [0.25, 0.3) is 0 Å². The van der Waals surface area contributed by atoms with Gasteiger partial charge in [-0.05, 0) is 48.4 Å². The molecule has 0 bridgehead atoms. The first kappa shape index (κ1) is 18.5. The Balaban J connectivity index is 2.01. The molecule has 2 aromatic carbocycles. The van der Waals surface area contributed by atoms with Crippen LogP contribution in [0.1, 0.15) is 30.6 Å². The zero-order valence-corrected chi connectivity index (χ0v) is 14.4. The zero-order chi connectivity index (χ0) is 18.4. The molecule has 2 aromatic rings. The molecule has 0 aliphatic rings. The molecular weight excluding hydrogens is 318 g/mol. The molecular formula is C19H23N3O3. The Morgan fingerprint density at radius 1 is 1.12 bits per heavy atom. The first-order valence-corrected chi connectivity index (χ1v) is 8.15. The van der Waals surface area contributed by atoms with Crippen molar-refractivity contribution in [2.24, 2.45) is 17.4 Å². The predicted octanol–water partition coefficient (Wildman–Crippen LogP) is 2.89. The molecule has 0 aliphatic heterocycles. The fourth-order valence-electron chi connectivity index (χ4n) is 2.19. The summed E-state index contributed by atoms with van der Waals surface area (Å²) in [6, 6.07) is 13.0. The van der Waals surface area contributed by atoms with Crippen LogP contribution in [0.5, 0.6) is 11.5 Å². The Morgan fingerprint density at radius 3 is 2.40 bits per heavy atom. The van der Waals surface area contributed by atoms with Crippen LogP contribution in [0.4, 0.5) is 5.69 Å². The molecule has 0 radical (unpaired) electrons. The second-order valence-electron chi connectivity index (χ2n) is 5.92. The Hall–Kier alpha value is -2.86. The summed E-state index contributed by atoms with van der Waals surface area (Å²) in [5, 5.41) is 2.79. The van der Waals surface area contributed by atoms with Gasteiger partial charge in [0, 0.05) is 11.3 Å². The van der Waals surface area contributed by atoms with Crippen LogP contribution in [0.3, 0.4) is 0 Å². The van der Waals surface area contributed by atoms with Crippen LogP contribution < -0.4 is 21.5 Å². The van der Waals surface area contributed by atoms with Crippen LogP contribution in [0.25, 0.3) is 0 Å². The van der Waals surface area contributed by atoms with E-state index in [1.807, 2.05) is 13.8 Å². The molecule has 6 nitrogen and oxygen atoms in total. The number of nitrogens with one attached hydrogen (secondary N) is 1. The average molecular weight is 341 g/mol. The van der Waals surface area contributed by atoms with E-state index >= 15 is 0 Å². The van der Waals surface area contributed by atoms with Crippen molar-refractivity contribution in [2.45, 2.75) is 26.3 Å². The maximum Gasteiger partial charge on any atom is 0.248 e. The summed E-state index contributed by atoms with van der Waals surface area (Å²) in [6.45, 7) is 3.94. The lowest BCUT2D eigenvalue weighted by molar-refractivity contribution is -0.118. The first-order valence-electron chi connectivity index (χ1n) is 8.15. The van der Waals surface area contributed by atoms with Gasteiger partial charge in [-0.1, -0.05) is 26.3 Å². The molecule has 2 amide bonds. The van der Waals surface area contributed by atoms with Crippen LogP contribution in [-0.2, 0) is 4.79 Å². The minimum Gasteiger partial charge on any atom is -0.457 e. The maximum atomic E-state index is 12.1. The number of hydrogen-bond acceptors (Lipinski definition) is 4. The molecule has 0 heterocycles. The number of primary amides is 1. The van der Waals surface area contributed by atoms with Crippen molar-refractivity contribution in [3.8, 4) is 11.5 Å². The molecule has 6 heteroatoms. The van der Waals surface area contributed by atoms with Crippen molar-refractivity contribution in [3.63, 3.8) is 0 Å². The van der Waals surface area contributed by atoms with E-state index in [9.17, 15) is 9.59 Å². The number of carbonyl (C=O) groups is 2. The van der Waals surface area contributed by atoms with Crippen molar-refractivity contribution < 1.29 is 14.3 Å². The van der Waals surface area contributed by atoms with Gasteiger partial charge < -0.3 is 21.5 Å². The zero-order valence-electron chi connectivity index (χ0n) is 14.4. The number of nitrogens with two attached hydrogens (primary N) is 2. The van der Waals surface area contributed by atoms with Crippen molar-refractivity contribution in [2.75, 3.05) is 5.32 Å². The molecule has 2 unspecified atom stereocenters. The van der Waals surface area contributed by atoms with Gasteiger partial charge in [-0.3, -0.25) is 9.59 Å². The van der Waals surface area contributed by atoms with Gasteiger partial charge in [0.1, 0.15) is 11.5 Å². The van der Waals surface area contributed by atoms with Crippen LogP contribution in [0, 0.1) is 5.92 Å². The fourth-order valence-corrected chi connectivity index (χ4v) is 2.19. The second-order valence-corrected chi connectivity index (χ2v) is 5.92. The van der Waals surface area contributed by atoms with Crippen molar-refractivity contribution in [3.05, 3.63) is 54.1 Å². The lowest BCUT2D eigenvalue weighted by Gasteiger charge is -2.17. The molecule has 5 N–H and O–H groups in total. The van der Waals surface area contributed by atoms with E-state index in [1.165, 1.54) is 0 Å². The lowest BCUT2D eigenvalue weighted by Crippen LogP contribution is -2.40. The highest BCUT2D eigenvalue weighted by atomic mass is 16.5. The van der Waals surface area contributed by atoms with Crippen LogP contribution in [0.2, 0.25) is 0 Å². The van der Waals surface area contributed by atoms with E-state index in [2.05, 4.69) is 5.32 Å². The number of anilines is 1. The number of benzene rings is 2. The van der Waals surface area contributed by atoms with E-state index in [0.29, 0.717) is 22.7 Å². The summed E-state index contributed by atoms with van der Waals surface area (Å²) in [4.78, 5) is 23.3. The molecule has 0 aromatic heterocycles. The molecule has 0 saturated heterocycles. The number of carbonyl (C=O) groups excluding carboxylic acids is 2. The van der Waals surface area contributed by atoms with Crippen LogP contribution in [-0.4, -0.2) is 17.9 Å². The predicted molar refractivity (Wildman–Crippen MR) is 97.5 cm³/mol. The average Bonchev–Trinajstić information content (AvgIpc) is 2.62. The third kappa shape index (κ3) is 5.06. The SMILES string of the molecule is CCC(C)C(N)C(=O)Nc1ccc(Oc2cccc(C(N)=O)c2)cc1. The normalized spacial score (nSPS) is 12.9. The first-order chi connectivity index (χ1) is 11.9. The largest absolute Gasteiger partial charge is 0.457 e. The van der Waals surface area contributed by atoms with E-state index in [-0.39, 0.29) is 11.8 Å². The summed E-state index contributed by atoms with van der Waals surface area (Å²) < 4.78 is 5.69. The van der Waals surface area contributed by atoms with Gasteiger partial charge in [0.05, 0.1) is 6.04 Å². The highest BCUT2D eigenvalue weighted by Gasteiger charge is 2.19. The fraction of sp³-hybridized carbons (Fsp3) is 0.263. The highest BCUT2D eigenvalue weighted by molar-refractivity contribution is 5.95. The number of amides is 2. The molecule has 25 heavy (non-hydrogen) atoms. The standard InChI is InChI=1S/C19H23N3O3/c1-3-12(2)17(20)19(24)22-14-7-9-15(10-8-14)25-16-6-4-5-13(11-16)18(21)23/h4-12,17H,3,20H2,1-2H3,(H2,21,23)(H,22,24). The molecule has 2 rings (SSSR count). The molecule has 0 fully saturated rings. The van der Waals surface area contributed by atoms with Crippen molar-refractivity contribution >= 4 is 17.5 Å². The second kappa shape index (κ2) is 8.30. The Bertz CT molecular complexity index is 744. The van der Waals surface area contributed by atoms with E-state index in [1.54, 1.807) is 48.5 Å². The third-order valence-corrected chi connectivity index (χ3v) is 4.04. The Morgan fingerprint density at radius 2 is 1.80 bits per heavy atom. The molecule has 0 aliphatic carbocycles. The van der Waals surface area contributed by atoms with E-state index in [4.69, 9.17) is 16.2 Å². The minimum absolute atomic E-state index is 0.111. The molecule has 2 atom stereocenters. The maximum absolute atomic E-state index is 12.1. The van der Waals surface area contributed by atoms with Crippen LogP contribution >= 0.6 is 0 Å². The quantitative estimate of drug-likeness (QED) is 0.719. The van der Waals surface area contributed by atoms with Gasteiger partial charge in [0.15, 0.2) is 0 Å². The minimum atomic E-state index is -0.544. The summed E-state index contributed by atoms with van der Waals surface area (Å²) in [5.41, 5.74) is 12.2. The van der Waals surface area contributed by atoms with Crippen molar-refractivity contribution in [1.82, 2.24) is 0 Å². The molecule has 0 spiro atoms. The summed E-state index contributed by atoms with van der Waals surface area (Å²) in [5.74, 6) is 0.469. The van der Waals surface area contributed by atoms with E-state index < -0.39 is 11.9 Å². The monoisotopic (exact) mass is 341 g/mol. The summed E-state index contributed by atoms with van der Waals surface area (Å²) in [7, 11) is 0. The van der Waals surface area contributed by atoms with Crippen molar-refractivity contribution in [1.29, 1.82) is 0 Å². The Labute approximate surface area is 147 Å². The van der Waals surface area contributed by atoms with Gasteiger partial charge in [-0.15, -0.1) is 0 Å². The van der Waals surface area contributed by atoms with E-state index in [0.717, 1.165) is 6.42 Å². The highest BCUT2D eigenvalue weighted by Crippen LogP contribution is 2.24. The summed E-state index contributed by atoms with van der Waals surface area (Å²) >= 11 is 0. The molecule has 132 valence electrons. The van der Waals surface area contributed by atoms with Gasteiger partial charge in [-0.2, -0.15) is 0 Å². The third-order valence-electron chi connectivity index (χ3n) is 4.04. The number of hydrogen-bond donors (Lipinski definition) is 3. The van der Waals surface area contributed by atoms with Gasteiger partial charge >= 0.3 is 0 Å².